The van der Waals surface area contributed by atoms with Gasteiger partial charge in [0.2, 0.25) is 0 Å². The smallest absolute Gasteiger partial charge is 0.316 e. The monoisotopic (exact) mass is 188 g/mol. The molecule has 4 nitrogen and oxygen atoms in total. The maximum Gasteiger partial charge on any atom is 0.316 e. The minimum atomic E-state index is -2.91. The van der Waals surface area contributed by atoms with Crippen molar-refractivity contribution in [3.63, 3.8) is 0 Å². The molecule has 1 aromatic carbocycles. The van der Waals surface area contributed by atoms with Gasteiger partial charge >= 0.3 is 8.25 Å². The molecule has 1 atom stereocenters. The number of hydrogen-bond acceptors (Lipinski definition) is 3. The topological polar surface area (TPSA) is 66.8 Å². The number of benzene rings is 1. The van der Waals surface area contributed by atoms with Crippen LogP contribution in [-0.4, -0.2) is 10.00 Å². The third-order valence-electron chi connectivity index (χ3n) is 1.34. The maximum atomic E-state index is 10.2. The van der Waals surface area contributed by atoms with Crippen LogP contribution < -0.4 is 0 Å². The van der Waals surface area contributed by atoms with Gasteiger partial charge in [0.25, 0.3) is 0 Å². The Hall–Kier alpha value is -0.830. The van der Waals surface area contributed by atoms with Gasteiger partial charge in [-0.15, -0.1) is 0 Å². The first-order valence-electron chi connectivity index (χ1n) is 3.33. The standard InChI is InChI=1S/C7H9O4P/c8-7-4-2-1-3-6(7)5-11-12(9)10/h1-4,8,12H,5H2,(H,9,10). The maximum absolute atomic E-state index is 10.2. The molecule has 0 aliphatic carbocycles. The minimum absolute atomic E-state index is 0.0407. The summed E-state index contributed by atoms with van der Waals surface area (Å²) in [5.74, 6) is 0.0701. The first-order valence-corrected chi connectivity index (χ1v) is 4.59. The summed E-state index contributed by atoms with van der Waals surface area (Å²) in [4.78, 5) is 8.35. The lowest BCUT2D eigenvalue weighted by molar-refractivity contribution is 0.268. The van der Waals surface area contributed by atoms with Crippen LogP contribution in [0.25, 0.3) is 0 Å². The summed E-state index contributed by atoms with van der Waals surface area (Å²) < 4.78 is 14.6. The van der Waals surface area contributed by atoms with E-state index in [0.29, 0.717) is 5.56 Å². The zero-order valence-electron chi connectivity index (χ0n) is 6.23. The molecular formula is C7H9O4P. The van der Waals surface area contributed by atoms with E-state index in [1.165, 1.54) is 6.07 Å². The Morgan fingerprint density at radius 1 is 1.42 bits per heavy atom. The van der Waals surface area contributed by atoms with Crippen LogP contribution in [0.1, 0.15) is 5.56 Å². The summed E-state index contributed by atoms with van der Waals surface area (Å²) >= 11 is 0. The lowest BCUT2D eigenvalue weighted by Crippen LogP contribution is -1.85. The molecule has 0 bridgehead atoms. The van der Waals surface area contributed by atoms with E-state index in [-0.39, 0.29) is 12.4 Å². The molecular weight excluding hydrogens is 179 g/mol. The number of phenols is 1. The molecule has 66 valence electrons. The van der Waals surface area contributed by atoms with Gasteiger partial charge in [-0.1, -0.05) is 18.2 Å². The van der Waals surface area contributed by atoms with Crippen molar-refractivity contribution in [2.45, 2.75) is 6.61 Å². The van der Waals surface area contributed by atoms with Gasteiger partial charge in [-0.25, -0.2) is 0 Å². The van der Waals surface area contributed by atoms with Gasteiger partial charge in [-0.05, 0) is 6.07 Å². The molecule has 0 saturated heterocycles. The molecule has 5 heteroatoms. The van der Waals surface area contributed by atoms with E-state index in [9.17, 15) is 9.67 Å². The highest BCUT2D eigenvalue weighted by Gasteiger charge is 2.00. The van der Waals surface area contributed by atoms with E-state index < -0.39 is 8.25 Å². The highest BCUT2D eigenvalue weighted by molar-refractivity contribution is 7.32. The number of rotatable bonds is 3. The van der Waals surface area contributed by atoms with Gasteiger partial charge < -0.3 is 14.5 Å². The van der Waals surface area contributed by atoms with Crippen LogP contribution in [0.3, 0.4) is 0 Å². The van der Waals surface area contributed by atoms with E-state index >= 15 is 0 Å². The van der Waals surface area contributed by atoms with Gasteiger partial charge in [0.05, 0.1) is 6.61 Å². The zero-order chi connectivity index (χ0) is 8.97. The molecule has 0 heterocycles. The van der Waals surface area contributed by atoms with Crippen molar-refractivity contribution in [3.05, 3.63) is 29.8 Å². The lowest BCUT2D eigenvalue weighted by Gasteiger charge is -2.02. The molecule has 0 spiro atoms. The number of aromatic hydroxyl groups is 1. The second kappa shape index (κ2) is 4.26. The van der Waals surface area contributed by atoms with Crippen LogP contribution in [-0.2, 0) is 15.7 Å². The van der Waals surface area contributed by atoms with Crippen LogP contribution in [0.5, 0.6) is 5.75 Å². The SMILES string of the molecule is O=[PH](O)OCc1ccccc1O. The molecule has 0 fully saturated rings. The van der Waals surface area contributed by atoms with Crippen molar-refractivity contribution < 1.29 is 19.1 Å². The van der Waals surface area contributed by atoms with Gasteiger partial charge in [0, 0.05) is 5.56 Å². The molecule has 0 radical (unpaired) electrons. The number of phenolic OH excluding ortho intramolecular Hbond substituents is 1. The third-order valence-corrected chi connectivity index (χ3v) is 1.73. The summed E-state index contributed by atoms with van der Waals surface area (Å²) in [6, 6.07) is 6.50. The summed E-state index contributed by atoms with van der Waals surface area (Å²) in [5.41, 5.74) is 0.505. The van der Waals surface area contributed by atoms with Gasteiger partial charge in [0.1, 0.15) is 5.75 Å². The molecule has 0 saturated carbocycles. The summed E-state index contributed by atoms with van der Waals surface area (Å²) in [7, 11) is -2.91. The van der Waals surface area contributed by atoms with E-state index in [4.69, 9.17) is 4.89 Å². The van der Waals surface area contributed by atoms with Crippen molar-refractivity contribution in [1.29, 1.82) is 0 Å². The highest BCUT2D eigenvalue weighted by Crippen LogP contribution is 2.22. The fraction of sp³-hybridized carbons (Fsp3) is 0.143. The molecule has 12 heavy (non-hydrogen) atoms. The predicted octanol–water partition coefficient (Wildman–Crippen LogP) is 1.29. The Bertz CT molecular complexity index is 286. The van der Waals surface area contributed by atoms with Crippen LogP contribution in [0.15, 0.2) is 24.3 Å². The van der Waals surface area contributed by atoms with Crippen LogP contribution in [0, 0.1) is 0 Å². The third kappa shape index (κ3) is 2.66. The lowest BCUT2D eigenvalue weighted by atomic mass is 10.2. The second-order valence-corrected chi connectivity index (χ2v) is 3.00. The average molecular weight is 188 g/mol. The molecule has 1 rings (SSSR count). The first-order chi connectivity index (χ1) is 5.70. The zero-order valence-corrected chi connectivity index (χ0v) is 7.23. The Balaban J connectivity index is 2.63. The van der Waals surface area contributed by atoms with E-state index in [2.05, 4.69) is 4.52 Å². The van der Waals surface area contributed by atoms with Crippen molar-refractivity contribution in [3.8, 4) is 5.75 Å². The quantitative estimate of drug-likeness (QED) is 0.701. The van der Waals surface area contributed by atoms with Crippen molar-refractivity contribution in [2.75, 3.05) is 0 Å². The molecule has 1 unspecified atom stereocenters. The molecule has 0 aromatic heterocycles. The van der Waals surface area contributed by atoms with Gasteiger partial charge in [-0.2, -0.15) is 0 Å². The van der Waals surface area contributed by atoms with Crippen molar-refractivity contribution in [1.82, 2.24) is 0 Å². The Morgan fingerprint density at radius 2 is 2.08 bits per heavy atom. The summed E-state index contributed by atoms with van der Waals surface area (Å²) in [6.45, 7) is -0.0407. The largest absolute Gasteiger partial charge is 0.508 e. The normalized spacial score (nSPS) is 12.8. The Kier molecular flexibility index (Phi) is 3.29. The van der Waals surface area contributed by atoms with E-state index in [0.717, 1.165) is 0 Å². The summed E-state index contributed by atoms with van der Waals surface area (Å²) in [5, 5.41) is 9.17. The predicted molar refractivity (Wildman–Crippen MR) is 44.1 cm³/mol. The fourth-order valence-corrected chi connectivity index (χ4v) is 1.05. The van der Waals surface area contributed by atoms with E-state index in [1.807, 2.05) is 0 Å². The highest BCUT2D eigenvalue weighted by atomic mass is 31.1. The second-order valence-electron chi connectivity index (χ2n) is 2.18. The van der Waals surface area contributed by atoms with Gasteiger partial charge in [-0.3, -0.25) is 4.57 Å². The number of para-hydroxylation sites is 1. The Morgan fingerprint density at radius 3 is 2.67 bits per heavy atom. The van der Waals surface area contributed by atoms with Crippen LogP contribution >= 0.6 is 8.25 Å². The van der Waals surface area contributed by atoms with Crippen molar-refractivity contribution >= 4 is 8.25 Å². The van der Waals surface area contributed by atoms with Crippen molar-refractivity contribution in [2.24, 2.45) is 0 Å². The first kappa shape index (κ1) is 9.26. The molecule has 0 aliphatic rings. The average Bonchev–Trinajstić information content (AvgIpc) is 2.03. The van der Waals surface area contributed by atoms with Gasteiger partial charge in [0.15, 0.2) is 0 Å². The van der Waals surface area contributed by atoms with Crippen LogP contribution in [0.2, 0.25) is 0 Å². The Labute approximate surface area is 70.4 Å². The molecule has 0 aliphatic heterocycles. The molecule has 0 amide bonds. The number of hydrogen-bond donors (Lipinski definition) is 2. The van der Waals surface area contributed by atoms with Crippen LogP contribution in [0.4, 0.5) is 0 Å². The molecule has 2 N–H and O–H groups in total. The fourth-order valence-electron chi connectivity index (χ4n) is 0.772. The molecule has 1 aromatic rings. The minimum Gasteiger partial charge on any atom is -0.508 e. The van der Waals surface area contributed by atoms with E-state index in [1.54, 1.807) is 18.2 Å². The summed E-state index contributed by atoms with van der Waals surface area (Å²) in [6.07, 6.45) is 0.